The van der Waals surface area contributed by atoms with Crippen LogP contribution in [0.2, 0.25) is 0 Å². The van der Waals surface area contributed by atoms with Gasteiger partial charge in [0.2, 0.25) is 11.9 Å². The number of fused-ring (bicyclic) bond motifs is 2. The fourth-order valence-corrected chi connectivity index (χ4v) is 6.93. The Morgan fingerprint density at radius 2 is 1.30 bits per heavy atom. The first kappa shape index (κ1) is 46.8. The van der Waals surface area contributed by atoms with Crippen molar-refractivity contribution in [3.05, 3.63) is 83.9 Å². The largest absolute Gasteiger partial charge is 1.00 e. The molecule has 5 N–H and O–H groups in total. The van der Waals surface area contributed by atoms with Crippen LogP contribution in [-0.2, 0) is 30.4 Å². The van der Waals surface area contributed by atoms with Gasteiger partial charge in [-0.25, -0.2) is 30.0 Å². The second-order valence-corrected chi connectivity index (χ2v) is 15.4. The van der Waals surface area contributed by atoms with Crippen molar-refractivity contribution in [1.29, 1.82) is 0 Å². The third-order valence-corrected chi connectivity index (χ3v) is 10.1. The maximum atomic E-state index is 12.3. The van der Waals surface area contributed by atoms with E-state index in [1.807, 2.05) is 0 Å². The maximum absolute atomic E-state index is 12.3. The van der Waals surface area contributed by atoms with Crippen LogP contribution in [0.4, 0.5) is 34.6 Å². The fourth-order valence-electron chi connectivity index (χ4n) is 5.25. The number of azo groups is 1. The summed E-state index contributed by atoms with van der Waals surface area (Å²) >= 11 is 0. The van der Waals surface area contributed by atoms with Crippen LogP contribution >= 0.6 is 0 Å². The van der Waals surface area contributed by atoms with Gasteiger partial charge in [-0.2, -0.15) is 15.0 Å². The van der Waals surface area contributed by atoms with Crippen molar-refractivity contribution in [3.8, 4) is 11.8 Å². The zero-order valence-electron chi connectivity index (χ0n) is 29.8. The number of aromatic carboxylic acids is 1. The predicted molar refractivity (Wildman–Crippen MR) is 184 cm³/mol. The molecule has 26 heteroatoms. The molecule has 0 saturated heterocycles. The number of rotatable bonds is 10. The molecule has 0 aliphatic heterocycles. The van der Waals surface area contributed by atoms with Crippen molar-refractivity contribution in [3.63, 3.8) is 0 Å². The number of aryl methyl sites for hydroxylation is 1. The Labute approximate surface area is 358 Å². The van der Waals surface area contributed by atoms with Gasteiger partial charge in [-0.15, -0.1) is 10.2 Å². The topological polar surface area (TPSA) is 337 Å². The molecule has 1 heterocycles. The molecule has 0 amide bonds. The van der Waals surface area contributed by atoms with Crippen molar-refractivity contribution in [2.24, 2.45) is 10.2 Å². The minimum absolute atomic E-state index is 0. The number of carboxylic acids is 1. The Morgan fingerprint density at radius 1 is 0.684 bits per heavy atom. The smallest absolute Gasteiger partial charge is 0.744 e. The summed E-state index contributed by atoms with van der Waals surface area (Å²) in [4.78, 5) is 20.7. The Balaban J connectivity index is 0.00000290. The summed E-state index contributed by atoms with van der Waals surface area (Å²) in [6.45, 7) is 1.59. The monoisotopic (exact) mass is 815 g/mol. The van der Waals surface area contributed by atoms with Crippen molar-refractivity contribution in [2.45, 2.75) is 21.6 Å². The first-order valence-corrected chi connectivity index (χ1v) is 18.9. The second-order valence-electron chi connectivity index (χ2n) is 11.3. The Bertz CT molecular complexity index is 2960. The van der Waals surface area contributed by atoms with E-state index in [0.717, 1.165) is 12.1 Å². The molecule has 0 unspecified atom stereocenters. The van der Waals surface area contributed by atoms with Gasteiger partial charge in [-0.1, -0.05) is 29.8 Å². The van der Waals surface area contributed by atoms with Crippen LogP contribution in [0, 0.1) is 6.92 Å². The normalized spacial score (nSPS) is 11.7. The average molecular weight is 816 g/mol. The fraction of sp³-hybridized carbons (Fsp3) is 0.0323. The molecule has 0 radical (unpaired) electrons. The van der Waals surface area contributed by atoms with E-state index < -0.39 is 90.9 Å². The number of benzene rings is 5. The number of phenols is 1. The number of anilines is 4. The summed E-state index contributed by atoms with van der Waals surface area (Å²) in [5, 5.41) is 43.8. The molecule has 0 saturated carbocycles. The number of phenolic OH excluding ortho intramolecular Hbond substituents is 1. The van der Waals surface area contributed by atoms with Gasteiger partial charge in [-0.3, -0.25) is 0 Å². The van der Waals surface area contributed by atoms with Crippen LogP contribution in [0.15, 0.2) is 97.7 Å². The number of aromatic nitrogens is 3. The van der Waals surface area contributed by atoms with E-state index in [2.05, 4.69) is 35.8 Å². The third kappa shape index (κ3) is 10.3. The van der Waals surface area contributed by atoms with E-state index >= 15 is 0 Å². The van der Waals surface area contributed by atoms with E-state index in [1.165, 1.54) is 42.5 Å². The predicted octanol–water partition coefficient (Wildman–Crippen LogP) is -4.78. The SMILES string of the molecule is Cc1ccc(N=Nc2c(S(=O)(=O)[O-])cc3cc(S(=O)(=O)[O-])cc(Nc4nc(O)nc(Nc5cccc6cc(S(=O)(=O)[O-])ccc56)n4)c3c2O)c(C(=O)O)c1.[Li+].[Li+].[Li+]. The van der Waals surface area contributed by atoms with Crippen LogP contribution in [0.5, 0.6) is 11.8 Å². The first-order chi connectivity index (χ1) is 25.2. The molecule has 20 nitrogen and oxygen atoms in total. The van der Waals surface area contributed by atoms with Crippen molar-refractivity contribution >= 4 is 92.5 Å². The molecule has 0 bridgehead atoms. The summed E-state index contributed by atoms with van der Waals surface area (Å²) < 4.78 is 108. The quantitative estimate of drug-likeness (QED) is 0.0492. The van der Waals surface area contributed by atoms with Crippen molar-refractivity contribution in [2.75, 3.05) is 10.6 Å². The van der Waals surface area contributed by atoms with Gasteiger partial charge in [0.15, 0.2) is 5.75 Å². The van der Waals surface area contributed by atoms with Crippen LogP contribution in [0.1, 0.15) is 15.9 Å². The standard InChI is InChI=1S/C31H23N7O13S3.3Li/c1-14-5-8-22(20(9-14)28(40)41)37-38-26-24(54(49,50)51)12-16-11-18(53(46,47)48)13-23(25(16)27(26)39)33-30-34-29(35-31(42)36-30)32-21-4-2-3-15-10-17(52(43,44)45)6-7-19(15)21;;;/h2-13,39H,1H3,(H,40,41)(H,43,44,45)(H,46,47,48)(H,49,50,51)(H3,32,33,34,35,36,42);;;/q;3*+1/p-3. The molecule has 1 aromatic heterocycles. The second kappa shape index (κ2) is 17.5. The maximum Gasteiger partial charge on any atom is 1.00 e. The number of carboxylic acid groups (broad SMARTS) is 1. The van der Waals surface area contributed by atoms with E-state index in [0.29, 0.717) is 34.5 Å². The minimum Gasteiger partial charge on any atom is -0.744 e. The Kier molecular flexibility index (Phi) is 14.4. The van der Waals surface area contributed by atoms with E-state index in [9.17, 15) is 59.0 Å². The summed E-state index contributed by atoms with van der Waals surface area (Å²) in [7, 11) is -15.6. The number of aromatic hydroxyl groups is 2. The molecule has 6 aromatic rings. The molecule has 278 valence electrons. The van der Waals surface area contributed by atoms with Crippen LogP contribution in [0.3, 0.4) is 0 Å². The van der Waals surface area contributed by atoms with Gasteiger partial charge in [0, 0.05) is 16.5 Å². The Hall–Kier alpha value is -4.58. The molecule has 0 aliphatic carbocycles. The summed E-state index contributed by atoms with van der Waals surface area (Å²) in [6.07, 6.45) is 0. The first-order valence-electron chi connectivity index (χ1n) is 14.7. The van der Waals surface area contributed by atoms with Gasteiger partial charge in [0.25, 0.3) is 0 Å². The summed E-state index contributed by atoms with van der Waals surface area (Å²) in [5.74, 6) is -3.44. The summed E-state index contributed by atoms with van der Waals surface area (Å²) in [5.41, 5.74) is -1.37. The molecule has 0 fully saturated rings. The molecule has 0 spiro atoms. The zero-order chi connectivity index (χ0) is 39.3. The van der Waals surface area contributed by atoms with Gasteiger partial charge in [-0.05, 0) is 66.2 Å². The van der Waals surface area contributed by atoms with Crippen LogP contribution in [0.25, 0.3) is 21.5 Å². The number of nitrogens with zero attached hydrogens (tertiary/aromatic N) is 5. The van der Waals surface area contributed by atoms with Crippen LogP contribution in [-0.4, -0.2) is 75.2 Å². The zero-order valence-corrected chi connectivity index (χ0v) is 32.3. The molecule has 5 aromatic carbocycles. The van der Waals surface area contributed by atoms with Crippen molar-refractivity contribution < 1.29 is 116 Å². The third-order valence-electron chi connectivity index (χ3n) is 7.58. The molecule has 6 rings (SSSR count). The van der Waals surface area contributed by atoms with Crippen LogP contribution < -0.4 is 67.2 Å². The Morgan fingerprint density at radius 3 is 1.89 bits per heavy atom. The summed E-state index contributed by atoms with van der Waals surface area (Å²) in [6, 6.07) is 13.1. The molecule has 0 atom stereocenters. The molecule has 57 heavy (non-hydrogen) atoms. The van der Waals surface area contributed by atoms with E-state index in [4.69, 9.17) is 0 Å². The van der Waals surface area contributed by atoms with Gasteiger partial charge < -0.3 is 39.6 Å². The molecular weight excluding hydrogens is 795 g/mol. The minimum atomic E-state index is -5.52. The number of hydrogen-bond acceptors (Lipinski definition) is 19. The van der Waals surface area contributed by atoms with E-state index in [-0.39, 0.29) is 79.5 Å². The molecule has 0 aliphatic rings. The number of carbonyl (C=O) groups is 1. The van der Waals surface area contributed by atoms with Gasteiger partial charge in [0.1, 0.15) is 41.7 Å². The van der Waals surface area contributed by atoms with Crippen molar-refractivity contribution in [1.82, 2.24) is 15.0 Å². The van der Waals surface area contributed by atoms with E-state index in [1.54, 1.807) is 6.92 Å². The number of hydrogen-bond donors (Lipinski definition) is 5. The average Bonchev–Trinajstić information content (AvgIpc) is 3.06. The van der Waals surface area contributed by atoms with Gasteiger partial charge >= 0.3 is 68.6 Å². The van der Waals surface area contributed by atoms with Gasteiger partial charge in [0.05, 0.1) is 25.9 Å². The molecular formula is C31H20Li3N7O13S3. The number of nitrogens with one attached hydrogen (secondary N) is 2.